The molecule has 4 nitrogen and oxygen atoms in total. The van der Waals surface area contributed by atoms with Gasteiger partial charge in [0, 0.05) is 6.92 Å². The van der Waals surface area contributed by atoms with Crippen LogP contribution in [0.2, 0.25) is 0 Å². The molecular formula is C9H13BrFN3O. The molecule has 0 aliphatic rings. The summed E-state index contributed by atoms with van der Waals surface area (Å²) in [6.07, 6.45) is 0. The Morgan fingerprint density at radius 1 is 1.53 bits per heavy atom. The van der Waals surface area contributed by atoms with Crippen LogP contribution in [-0.4, -0.2) is 15.7 Å². The van der Waals surface area contributed by atoms with Gasteiger partial charge < -0.3 is 5.32 Å². The molecule has 0 spiro atoms. The number of aromatic nitrogens is 2. The molecule has 0 atom stereocenters. The van der Waals surface area contributed by atoms with Crippen LogP contribution in [0.5, 0.6) is 0 Å². The van der Waals surface area contributed by atoms with Gasteiger partial charge in [0.1, 0.15) is 10.3 Å². The predicted octanol–water partition coefficient (Wildman–Crippen LogP) is 2.50. The van der Waals surface area contributed by atoms with Crippen LogP contribution >= 0.6 is 15.9 Å². The topological polar surface area (TPSA) is 46.9 Å². The first kappa shape index (κ1) is 12.2. The first-order valence-electron chi connectivity index (χ1n) is 4.45. The first-order chi connectivity index (χ1) is 6.73. The molecule has 0 aromatic carbocycles. The van der Waals surface area contributed by atoms with Gasteiger partial charge in [-0.25, -0.2) is 4.68 Å². The van der Waals surface area contributed by atoms with Crippen molar-refractivity contribution in [2.75, 3.05) is 5.32 Å². The summed E-state index contributed by atoms with van der Waals surface area (Å²) < 4.78 is 15.3. The Kier molecular flexibility index (Phi) is 3.18. The molecule has 0 unspecified atom stereocenters. The smallest absolute Gasteiger partial charge is 0.257 e. The number of halogens is 2. The summed E-state index contributed by atoms with van der Waals surface area (Å²) >= 11 is 3.21. The molecule has 84 valence electrons. The molecule has 1 heterocycles. The molecule has 0 saturated carbocycles. The summed E-state index contributed by atoms with van der Waals surface area (Å²) in [5, 5.41) is 6.11. The van der Waals surface area contributed by atoms with Gasteiger partial charge in [-0.05, 0) is 36.7 Å². The highest BCUT2D eigenvalue weighted by Crippen LogP contribution is 2.30. The van der Waals surface area contributed by atoms with E-state index in [-0.39, 0.29) is 17.1 Å². The number of anilines is 1. The average Bonchev–Trinajstić information content (AvgIpc) is 2.30. The summed E-state index contributed by atoms with van der Waals surface area (Å²) in [6.45, 7) is 6.99. The van der Waals surface area contributed by atoms with Crippen LogP contribution in [-0.2, 0) is 10.3 Å². The van der Waals surface area contributed by atoms with Crippen LogP contribution in [0.4, 0.5) is 10.1 Å². The van der Waals surface area contributed by atoms with E-state index in [2.05, 4.69) is 26.3 Å². The highest BCUT2D eigenvalue weighted by Gasteiger charge is 2.24. The number of carbonyl (C=O) groups excluding carboxylic acids is 1. The normalized spacial score (nSPS) is 11.6. The Morgan fingerprint density at radius 2 is 2.07 bits per heavy atom. The minimum atomic E-state index is -0.688. The zero-order valence-electron chi connectivity index (χ0n) is 9.06. The summed E-state index contributed by atoms with van der Waals surface area (Å²) in [6, 6.07) is 0. The van der Waals surface area contributed by atoms with Gasteiger partial charge in [0.15, 0.2) is 0 Å². The number of rotatable bonds is 1. The van der Waals surface area contributed by atoms with Crippen LogP contribution in [0.25, 0.3) is 0 Å². The van der Waals surface area contributed by atoms with Crippen LogP contribution in [0.1, 0.15) is 27.7 Å². The minimum Gasteiger partial charge on any atom is -0.320 e. The third-order valence-electron chi connectivity index (χ3n) is 1.72. The number of carbonyl (C=O) groups is 1. The average molecular weight is 278 g/mol. The molecule has 1 aromatic heterocycles. The third-order valence-corrected chi connectivity index (χ3v) is 2.46. The van der Waals surface area contributed by atoms with E-state index < -0.39 is 5.95 Å². The Balaban J connectivity index is 3.21. The molecule has 6 heteroatoms. The lowest BCUT2D eigenvalue weighted by molar-refractivity contribution is -0.114. The van der Waals surface area contributed by atoms with E-state index in [1.807, 2.05) is 20.8 Å². The van der Waals surface area contributed by atoms with Crippen LogP contribution in [0, 0.1) is 5.95 Å². The summed E-state index contributed by atoms with van der Waals surface area (Å²) in [4.78, 5) is 10.8. The molecule has 15 heavy (non-hydrogen) atoms. The molecule has 0 aliphatic carbocycles. The fraction of sp³-hybridized carbons (Fsp3) is 0.556. The van der Waals surface area contributed by atoms with Crippen LogP contribution < -0.4 is 5.32 Å². The van der Waals surface area contributed by atoms with Crippen molar-refractivity contribution < 1.29 is 9.18 Å². The minimum absolute atomic E-state index is 0.0809. The van der Waals surface area contributed by atoms with E-state index in [9.17, 15) is 9.18 Å². The summed E-state index contributed by atoms with van der Waals surface area (Å²) in [7, 11) is 0. The molecule has 1 N–H and O–H groups in total. The number of amides is 1. The second-order valence-electron chi connectivity index (χ2n) is 4.22. The second kappa shape index (κ2) is 3.92. The molecule has 1 amide bonds. The number of hydrogen-bond acceptors (Lipinski definition) is 2. The van der Waals surface area contributed by atoms with E-state index in [4.69, 9.17) is 0 Å². The van der Waals surface area contributed by atoms with Gasteiger partial charge in [0.05, 0.1) is 5.54 Å². The molecule has 1 rings (SSSR count). The summed E-state index contributed by atoms with van der Waals surface area (Å²) in [5.74, 6) is -1.02. The molecule has 0 bridgehead atoms. The maximum absolute atomic E-state index is 13.4. The Labute approximate surface area is 96.0 Å². The van der Waals surface area contributed by atoms with Crippen molar-refractivity contribution >= 4 is 27.5 Å². The van der Waals surface area contributed by atoms with Gasteiger partial charge in [-0.2, -0.15) is 4.39 Å². The van der Waals surface area contributed by atoms with Crippen molar-refractivity contribution in [1.82, 2.24) is 9.78 Å². The van der Waals surface area contributed by atoms with E-state index in [1.54, 1.807) is 0 Å². The largest absolute Gasteiger partial charge is 0.320 e. The molecule has 0 radical (unpaired) electrons. The van der Waals surface area contributed by atoms with E-state index in [0.29, 0.717) is 4.60 Å². The highest BCUT2D eigenvalue weighted by molar-refractivity contribution is 9.10. The Bertz CT molecular complexity index is 395. The lowest BCUT2D eigenvalue weighted by Gasteiger charge is -2.20. The molecule has 0 aliphatic heterocycles. The van der Waals surface area contributed by atoms with E-state index >= 15 is 0 Å². The molecule has 0 fully saturated rings. The van der Waals surface area contributed by atoms with Gasteiger partial charge in [-0.15, -0.1) is 5.10 Å². The number of hydrogen-bond donors (Lipinski definition) is 1. The predicted molar refractivity (Wildman–Crippen MR) is 59.2 cm³/mol. The van der Waals surface area contributed by atoms with E-state index in [1.165, 1.54) is 11.6 Å². The van der Waals surface area contributed by atoms with Crippen molar-refractivity contribution in [3.05, 3.63) is 10.6 Å². The van der Waals surface area contributed by atoms with Gasteiger partial charge in [-0.1, -0.05) is 0 Å². The maximum Gasteiger partial charge on any atom is 0.257 e. The fourth-order valence-corrected chi connectivity index (χ4v) is 1.97. The summed E-state index contributed by atoms with van der Waals surface area (Å²) in [5.41, 5.74) is -0.270. The standard InChI is InChI=1S/C9H13BrFN3O/c1-5(15)12-6-7(10)14(9(2,3)4)13-8(6)11/h1-4H3,(H,12,15). The molecule has 1 aromatic rings. The van der Waals surface area contributed by atoms with Crippen LogP contribution in [0.3, 0.4) is 0 Å². The highest BCUT2D eigenvalue weighted by atomic mass is 79.9. The Hall–Kier alpha value is -0.910. The number of nitrogens with one attached hydrogen (secondary N) is 1. The monoisotopic (exact) mass is 277 g/mol. The third kappa shape index (κ3) is 2.56. The zero-order valence-corrected chi connectivity index (χ0v) is 10.6. The van der Waals surface area contributed by atoms with Crippen molar-refractivity contribution in [3.63, 3.8) is 0 Å². The number of nitrogens with zero attached hydrogens (tertiary/aromatic N) is 2. The quantitative estimate of drug-likeness (QED) is 0.858. The SMILES string of the molecule is CC(=O)Nc1c(F)nn(C(C)(C)C)c1Br. The van der Waals surface area contributed by atoms with E-state index in [0.717, 1.165) is 0 Å². The maximum atomic E-state index is 13.4. The molecule has 0 saturated heterocycles. The van der Waals surface area contributed by atoms with Crippen LogP contribution in [0.15, 0.2) is 4.60 Å². The van der Waals surface area contributed by atoms with Crippen molar-refractivity contribution in [2.24, 2.45) is 0 Å². The Morgan fingerprint density at radius 3 is 2.40 bits per heavy atom. The zero-order chi connectivity index (χ0) is 11.8. The second-order valence-corrected chi connectivity index (χ2v) is 4.97. The van der Waals surface area contributed by atoms with Crippen molar-refractivity contribution in [2.45, 2.75) is 33.2 Å². The first-order valence-corrected chi connectivity index (χ1v) is 5.25. The van der Waals surface area contributed by atoms with Crippen molar-refractivity contribution in [3.8, 4) is 0 Å². The molecular weight excluding hydrogens is 265 g/mol. The van der Waals surface area contributed by atoms with Gasteiger partial charge in [0.2, 0.25) is 5.91 Å². The fourth-order valence-electron chi connectivity index (χ4n) is 1.10. The van der Waals surface area contributed by atoms with Gasteiger partial charge in [0.25, 0.3) is 5.95 Å². The van der Waals surface area contributed by atoms with Gasteiger partial charge >= 0.3 is 0 Å². The lowest BCUT2D eigenvalue weighted by atomic mass is 10.1. The van der Waals surface area contributed by atoms with Gasteiger partial charge in [-0.3, -0.25) is 4.79 Å². The van der Waals surface area contributed by atoms with Crippen molar-refractivity contribution in [1.29, 1.82) is 0 Å². The lowest BCUT2D eigenvalue weighted by Crippen LogP contribution is -2.23.